The van der Waals surface area contributed by atoms with Crippen LogP contribution in [-0.2, 0) is 6.42 Å². The molecule has 0 bridgehead atoms. The van der Waals surface area contributed by atoms with Crippen LogP contribution in [-0.4, -0.2) is 10.2 Å². The lowest BCUT2D eigenvalue weighted by Crippen LogP contribution is -1.99. The molecule has 1 rings (SSSR count). The standard InChI is InChI=1S/C11H10ClNO3/c1-2-3-4-8-7-9(13(15)16)5-6-10(8)11(12)14/h2,5-7H,1,3-4H2. The average Bonchev–Trinajstić information content (AvgIpc) is 2.25. The van der Waals surface area contributed by atoms with Crippen LogP contribution < -0.4 is 0 Å². The summed E-state index contributed by atoms with van der Waals surface area (Å²) in [5.74, 6) is 0. The molecule has 0 aliphatic heterocycles. The maximum atomic E-state index is 11.1. The van der Waals surface area contributed by atoms with E-state index in [0.717, 1.165) is 0 Å². The van der Waals surface area contributed by atoms with Crippen molar-refractivity contribution in [2.75, 3.05) is 0 Å². The molecule has 0 aromatic heterocycles. The second-order valence-corrected chi connectivity index (χ2v) is 3.54. The molecule has 4 nitrogen and oxygen atoms in total. The summed E-state index contributed by atoms with van der Waals surface area (Å²) >= 11 is 5.38. The maximum Gasteiger partial charge on any atom is 0.269 e. The highest BCUT2D eigenvalue weighted by Crippen LogP contribution is 2.20. The zero-order valence-corrected chi connectivity index (χ0v) is 9.24. The van der Waals surface area contributed by atoms with Crippen LogP contribution in [0.5, 0.6) is 0 Å². The Balaban J connectivity index is 3.15. The summed E-state index contributed by atoms with van der Waals surface area (Å²) in [6.45, 7) is 3.56. The molecular weight excluding hydrogens is 230 g/mol. The van der Waals surface area contributed by atoms with Crippen LogP contribution in [0.2, 0.25) is 0 Å². The van der Waals surface area contributed by atoms with E-state index in [1.54, 1.807) is 6.08 Å². The number of nitrogens with zero attached hydrogens (tertiary/aromatic N) is 1. The van der Waals surface area contributed by atoms with Crippen LogP contribution in [0.1, 0.15) is 22.3 Å². The van der Waals surface area contributed by atoms with Crippen LogP contribution in [0, 0.1) is 10.1 Å². The van der Waals surface area contributed by atoms with Gasteiger partial charge < -0.3 is 0 Å². The molecule has 1 aromatic carbocycles. The number of benzene rings is 1. The summed E-state index contributed by atoms with van der Waals surface area (Å²) in [6, 6.07) is 4.03. The molecular formula is C11H10ClNO3. The summed E-state index contributed by atoms with van der Waals surface area (Å²) in [4.78, 5) is 21.2. The third-order valence-electron chi connectivity index (χ3n) is 2.13. The van der Waals surface area contributed by atoms with Crippen molar-refractivity contribution in [1.29, 1.82) is 0 Å². The summed E-state index contributed by atoms with van der Waals surface area (Å²) in [5.41, 5.74) is 0.851. The second-order valence-electron chi connectivity index (χ2n) is 3.20. The highest BCUT2D eigenvalue weighted by Gasteiger charge is 2.13. The van der Waals surface area contributed by atoms with Crippen LogP contribution in [0.25, 0.3) is 0 Å². The average molecular weight is 240 g/mol. The largest absolute Gasteiger partial charge is 0.276 e. The Bertz CT molecular complexity index is 443. The Morgan fingerprint density at radius 2 is 2.25 bits per heavy atom. The van der Waals surface area contributed by atoms with Crippen molar-refractivity contribution in [3.63, 3.8) is 0 Å². The van der Waals surface area contributed by atoms with Gasteiger partial charge in [0.25, 0.3) is 10.9 Å². The Labute approximate surface area is 97.7 Å². The SMILES string of the molecule is C=CCCc1cc([N+](=O)[O-])ccc1C(=O)Cl. The molecule has 1 aromatic rings. The maximum absolute atomic E-state index is 11.1. The summed E-state index contributed by atoms with van der Waals surface area (Å²) in [7, 11) is 0. The highest BCUT2D eigenvalue weighted by molar-refractivity contribution is 6.67. The van der Waals surface area contributed by atoms with E-state index in [-0.39, 0.29) is 5.69 Å². The third-order valence-corrected chi connectivity index (χ3v) is 2.33. The fourth-order valence-corrected chi connectivity index (χ4v) is 1.53. The molecule has 0 atom stereocenters. The van der Waals surface area contributed by atoms with Gasteiger partial charge in [-0.05, 0) is 36.1 Å². The molecule has 0 spiro atoms. The van der Waals surface area contributed by atoms with Gasteiger partial charge in [0, 0.05) is 17.7 Å². The number of carbonyl (C=O) groups excluding carboxylic acids is 1. The van der Waals surface area contributed by atoms with Crippen molar-refractivity contribution < 1.29 is 9.72 Å². The third kappa shape index (κ3) is 2.90. The minimum Gasteiger partial charge on any atom is -0.276 e. The molecule has 0 N–H and O–H groups in total. The van der Waals surface area contributed by atoms with Crippen molar-refractivity contribution in [2.24, 2.45) is 0 Å². The van der Waals surface area contributed by atoms with Crippen LogP contribution >= 0.6 is 11.6 Å². The number of hydrogen-bond acceptors (Lipinski definition) is 3. The monoisotopic (exact) mass is 239 g/mol. The molecule has 0 aliphatic carbocycles. The van der Waals surface area contributed by atoms with Crippen molar-refractivity contribution in [3.8, 4) is 0 Å². The second kappa shape index (κ2) is 5.42. The van der Waals surface area contributed by atoms with Crippen LogP contribution in [0.4, 0.5) is 5.69 Å². The number of carbonyl (C=O) groups is 1. The summed E-state index contributed by atoms with van der Waals surface area (Å²) in [5, 5.41) is 9.97. The zero-order valence-electron chi connectivity index (χ0n) is 8.48. The first kappa shape index (κ1) is 12.4. The lowest BCUT2D eigenvalue weighted by atomic mass is 10.0. The van der Waals surface area contributed by atoms with Gasteiger partial charge in [0.2, 0.25) is 0 Å². The van der Waals surface area contributed by atoms with Crippen molar-refractivity contribution in [1.82, 2.24) is 0 Å². The van der Waals surface area contributed by atoms with E-state index in [4.69, 9.17) is 11.6 Å². The fourth-order valence-electron chi connectivity index (χ4n) is 1.35. The molecule has 0 heterocycles. The first-order chi connectivity index (χ1) is 7.56. The van der Waals surface area contributed by atoms with E-state index in [1.165, 1.54) is 18.2 Å². The smallest absolute Gasteiger partial charge is 0.269 e. The number of halogens is 1. The number of hydrogen-bond donors (Lipinski definition) is 0. The van der Waals surface area contributed by atoms with Crippen LogP contribution in [0.15, 0.2) is 30.9 Å². The van der Waals surface area contributed by atoms with E-state index >= 15 is 0 Å². The molecule has 84 valence electrons. The Kier molecular flexibility index (Phi) is 4.19. The minimum absolute atomic E-state index is 0.0410. The van der Waals surface area contributed by atoms with E-state index in [1.807, 2.05) is 0 Å². The minimum atomic E-state index is -0.603. The van der Waals surface area contributed by atoms with Crippen molar-refractivity contribution >= 4 is 22.5 Å². The molecule has 0 amide bonds. The Hall–Kier alpha value is -1.68. The number of aryl methyl sites for hydroxylation is 1. The predicted octanol–water partition coefficient (Wildman–Crippen LogP) is 3.09. The van der Waals surface area contributed by atoms with Gasteiger partial charge in [-0.1, -0.05) is 6.08 Å². The van der Waals surface area contributed by atoms with Gasteiger partial charge in [-0.15, -0.1) is 6.58 Å². The Morgan fingerprint density at radius 3 is 2.75 bits per heavy atom. The van der Waals surface area contributed by atoms with E-state index in [9.17, 15) is 14.9 Å². The van der Waals surface area contributed by atoms with Gasteiger partial charge in [-0.2, -0.15) is 0 Å². The number of nitro groups is 1. The number of rotatable bonds is 5. The number of allylic oxidation sites excluding steroid dienone is 1. The van der Waals surface area contributed by atoms with Gasteiger partial charge in [0.15, 0.2) is 0 Å². The molecule has 0 radical (unpaired) electrons. The lowest BCUT2D eigenvalue weighted by Gasteiger charge is -2.04. The molecule has 0 saturated heterocycles. The van der Waals surface area contributed by atoms with Gasteiger partial charge in [-0.3, -0.25) is 14.9 Å². The predicted molar refractivity (Wildman–Crippen MR) is 61.8 cm³/mol. The molecule has 16 heavy (non-hydrogen) atoms. The van der Waals surface area contributed by atoms with E-state index in [2.05, 4.69) is 6.58 Å². The van der Waals surface area contributed by atoms with Crippen molar-refractivity contribution in [3.05, 3.63) is 52.1 Å². The molecule has 0 aliphatic rings. The highest BCUT2D eigenvalue weighted by atomic mass is 35.5. The topological polar surface area (TPSA) is 60.2 Å². The normalized spacial score (nSPS) is 9.81. The van der Waals surface area contributed by atoms with Gasteiger partial charge in [-0.25, -0.2) is 0 Å². The zero-order chi connectivity index (χ0) is 12.1. The van der Waals surface area contributed by atoms with Crippen LogP contribution in [0.3, 0.4) is 0 Å². The number of non-ortho nitro benzene ring substituents is 1. The molecule has 5 heteroatoms. The van der Waals surface area contributed by atoms with Gasteiger partial charge >= 0.3 is 0 Å². The first-order valence-corrected chi connectivity index (χ1v) is 5.02. The van der Waals surface area contributed by atoms with Gasteiger partial charge in [0.1, 0.15) is 0 Å². The van der Waals surface area contributed by atoms with E-state index in [0.29, 0.717) is 24.0 Å². The lowest BCUT2D eigenvalue weighted by molar-refractivity contribution is -0.384. The molecule has 0 saturated carbocycles. The fraction of sp³-hybridized carbons (Fsp3) is 0.182. The first-order valence-electron chi connectivity index (χ1n) is 4.64. The van der Waals surface area contributed by atoms with E-state index < -0.39 is 10.2 Å². The van der Waals surface area contributed by atoms with Gasteiger partial charge in [0.05, 0.1) is 4.92 Å². The Morgan fingerprint density at radius 1 is 1.56 bits per heavy atom. The quantitative estimate of drug-likeness (QED) is 0.343. The molecule has 0 fully saturated rings. The number of nitro benzene ring substituents is 1. The summed E-state index contributed by atoms with van der Waals surface area (Å²) < 4.78 is 0. The van der Waals surface area contributed by atoms with Crippen molar-refractivity contribution in [2.45, 2.75) is 12.8 Å². The molecule has 0 unspecified atom stereocenters. The summed E-state index contributed by atoms with van der Waals surface area (Å²) in [6.07, 6.45) is 2.83.